The van der Waals surface area contributed by atoms with E-state index in [1.165, 1.54) is 0 Å². The van der Waals surface area contributed by atoms with E-state index in [1.54, 1.807) is 6.92 Å². The predicted octanol–water partition coefficient (Wildman–Crippen LogP) is -2.46. The summed E-state index contributed by atoms with van der Waals surface area (Å²) >= 11 is 2.77. The molecule has 2 unspecified atom stereocenters. The summed E-state index contributed by atoms with van der Waals surface area (Å²) in [5.74, 6) is 0.188. The molecule has 0 aliphatic heterocycles. The minimum Gasteiger partial charge on any atom is -1.00 e. The van der Waals surface area contributed by atoms with Gasteiger partial charge in [0.2, 0.25) is 0 Å². The van der Waals surface area contributed by atoms with E-state index in [0.29, 0.717) is 0 Å². The molecule has 0 fully saturated rings. The standard InChI is InChI=1S/C3H7ClO3S.Na.H/c1-3(2-4)7-8(5)6;;/h3H,2H2,1H3,(H,5,6);;/q;+1;-1/p-1. The topological polar surface area (TPSA) is 49.4 Å². The monoisotopic (exact) mass is 181 g/mol. The molecule has 3 nitrogen and oxygen atoms in total. The van der Waals surface area contributed by atoms with Gasteiger partial charge in [0.15, 0.2) is 0 Å². The van der Waals surface area contributed by atoms with Gasteiger partial charge in [-0.2, -0.15) is 0 Å². The van der Waals surface area contributed by atoms with Crippen molar-refractivity contribution in [3.63, 3.8) is 0 Å². The molecule has 0 aliphatic rings. The number of hydrogen-bond donors (Lipinski definition) is 0. The molecule has 0 radical (unpaired) electrons. The van der Waals surface area contributed by atoms with E-state index >= 15 is 0 Å². The van der Waals surface area contributed by atoms with Gasteiger partial charge in [-0.05, 0) is 6.92 Å². The van der Waals surface area contributed by atoms with E-state index in [9.17, 15) is 8.76 Å². The van der Waals surface area contributed by atoms with Crippen molar-refractivity contribution < 1.29 is 43.9 Å². The van der Waals surface area contributed by atoms with Crippen LogP contribution < -0.4 is 29.6 Å². The minimum atomic E-state index is -2.43. The molecule has 0 bridgehead atoms. The minimum absolute atomic E-state index is 0. The molecular formula is C3H7ClNaO3S-. The van der Waals surface area contributed by atoms with Crippen LogP contribution in [0.25, 0.3) is 0 Å². The summed E-state index contributed by atoms with van der Waals surface area (Å²) in [6.45, 7) is 1.57. The van der Waals surface area contributed by atoms with Crippen molar-refractivity contribution in [2.45, 2.75) is 13.0 Å². The fourth-order valence-electron chi connectivity index (χ4n) is 0.160. The molecule has 0 spiro atoms. The van der Waals surface area contributed by atoms with E-state index in [2.05, 4.69) is 4.18 Å². The molecule has 0 heterocycles. The quantitative estimate of drug-likeness (QED) is 0.276. The van der Waals surface area contributed by atoms with E-state index in [1.807, 2.05) is 0 Å². The summed E-state index contributed by atoms with van der Waals surface area (Å²) in [4.78, 5) is 0. The van der Waals surface area contributed by atoms with Gasteiger partial charge >= 0.3 is 29.6 Å². The Morgan fingerprint density at radius 2 is 2.44 bits per heavy atom. The van der Waals surface area contributed by atoms with Crippen molar-refractivity contribution in [2.24, 2.45) is 0 Å². The van der Waals surface area contributed by atoms with Gasteiger partial charge in [0.25, 0.3) is 0 Å². The van der Waals surface area contributed by atoms with Crippen molar-refractivity contribution >= 4 is 23.0 Å². The first kappa shape index (κ1) is 13.0. The maximum atomic E-state index is 9.69. The van der Waals surface area contributed by atoms with E-state index in [4.69, 9.17) is 11.6 Å². The molecule has 6 heteroatoms. The molecule has 0 rings (SSSR count). The summed E-state index contributed by atoms with van der Waals surface area (Å²) in [7, 11) is 0. The maximum Gasteiger partial charge on any atom is 1.00 e. The predicted molar refractivity (Wildman–Crippen MR) is 31.3 cm³/mol. The van der Waals surface area contributed by atoms with Gasteiger partial charge in [-0.1, -0.05) is 0 Å². The Morgan fingerprint density at radius 3 is 2.56 bits per heavy atom. The van der Waals surface area contributed by atoms with Gasteiger partial charge in [-0.15, -0.1) is 11.6 Å². The Bertz CT molecular complexity index is 95.8. The molecule has 9 heavy (non-hydrogen) atoms. The zero-order chi connectivity index (χ0) is 6.57. The molecule has 2 atom stereocenters. The van der Waals surface area contributed by atoms with Crippen molar-refractivity contribution in [2.75, 3.05) is 5.88 Å². The molecule has 0 saturated heterocycles. The average molecular weight is 182 g/mol. The fraction of sp³-hybridized carbons (Fsp3) is 1.00. The van der Waals surface area contributed by atoms with Crippen LogP contribution in [0.2, 0.25) is 0 Å². The van der Waals surface area contributed by atoms with Gasteiger partial charge < -0.3 is 5.98 Å². The summed E-state index contributed by atoms with van der Waals surface area (Å²) < 4.78 is 23.6. The van der Waals surface area contributed by atoms with Gasteiger partial charge in [0, 0.05) is 5.88 Å². The maximum absolute atomic E-state index is 9.69. The van der Waals surface area contributed by atoms with Gasteiger partial charge in [0.05, 0.1) is 17.5 Å². The van der Waals surface area contributed by atoms with Crippen LogP contribution in [0.1, 0.15) is 8.35 Å². The van der Waals surface area contributed by atoms with E-state index < -0.39 is 17.5 Å². The average Bonchev–Trinajstić information content (AvgIpc) is 1.65. The van der Waals surface area contributed by atoms with Crippen LogP contribution in [0.3, 0.4) is 0 Å². The Labute approximate surface area is 85.4 Å². The third kappa shape index (κ3) is 9.36. The summed E-state index contributed by atoms with van der Waals surface area (Å²) in [5.41, 5.74) is 0. The molecular weight excluding hydrogens is 175 g/mol. The van der Waals surface area contributed by atoms with Crippen LogP contribution in [-0.2, 0) is 15.5 Å². The number of rotatable bonds is 3. The molecule has 0 aromatic rings. The second-order valence-electron chi connectivity index (χ2n) is 1.27. The first-order valence-electron chi connectivity index (χ1n) is 1.99. The van der Waals surface area contributed by atoms with Gasteiger partial charge in [0.1, 0.15) is 0 Å². The Morgan fingerprint density at radius 1 is 2.00 bits per heavy atom. The van der Waals surface area contributed by atoms with Crippen LogP contribution in [0.4, 0.5) is 0 Å². The van der Waals surface area contributed by atoms with E-state index in [-0.39, 0.29) is 36.9 Å². The van der Waals surface area contributed by atoms with Crippen LogP contribution in [-0.4, -0.2) is 20.7 Å². The number of halogens is 1. The molecule has 0 saturated carbocycles. The number of alkyl halides is 1. The second kappa shape index (κ2) is 7.47. The zero-order valence-electron chi connectivity index (χ0n) is 6.30. The van der Waals surface area contributed by atoms with Crippen LogP contribution in [0, 0.1) is 0 Å². The zero-order valence-corrected chi connectivity index (χ0v) is 8.87. The normalized spacial score (nSPS) is 15.9. The van der Waals surface area contributed by atoms with Crippen LogP contribution >= 0.6 is 11.6 Å². The fourth-order valence-corrected chi connectivity index (χ4v) is 0.634. The Balaban J connectivity index is -0.000000245. The van der Waals surface area contributed by atoms with Gasteiger partial charge in [-0.3, -0.25) is 4.18 Å². The molecule has 0 aromatic heterocycles. The van der Waals surface area contributed by atoms with Crippen molar-refractivity contribution in [1.29, 1.82) is 0 Å². The third-order valence-electron chi connectivity index (χ3n) is 0.460. The van der Waals surface area contributed by atoms with Crippen molar-refractivity contribution in [3.05, 3.63) is 0 Å². The molecule has 0 N–H and O–H groups in total. The first-order chi connectivity index (χ1) is 3.66. The molecule has 0 aromatic carbocycles. The van der Waals surface area contributed by atoms with Gasteiger partial charge in [-0.25, -0.2) is 4.21 Å². The smallest absolute Gasteiger partial charge is 1.00 e. The first-order valence-corrected chi connectivity index (χ1v) is 3.52. The summed E-state index contributed by atoms with van der Waals surface area (Å²) in [5, 5.41) is 0. The molecule has 0 aliphatic carbocycles. The third-order valence-corrected chi connectivity index (χ3v) is 1.38. The summed E-state index contributed by atoms with van der Waals surface area (Å²) in [6, 6.07) is 0. The van der Waals surface area contributed by atoms with Crippen molar-refractivity contribution in [3.8, 4) is 0 Å². The SMILES string of the molecule is CC(CCl)OS(=O)[O-].[H-].[Na+]. The van der Waals surface area contributed by atoms with Crippen LogP contribution in [0.5, 0.6) is 0 Å². The Hall–Kier alpha value is 1.36. The summed E-state index contributed by atoms with van der Waals surface area (Å²) in [6.07, 6.45) is -0.421. The van der Waals surface area contributed by atoms with E-state index in [0.717, 1.165) is 0 Å². The molecule has 0 amide bonds. The second-order valence-corrected chi connectivity index (χ2v) is 2.17. The van der Waals surface area contributed by atoms with Crippen molar-refractivity contribution in [1.82, 2.24) is 0 Å². The molecule has 52 valence electrons. The Kier molecular flexibility index (Phi) is 10.8. The van der Waals surface area contributed by atoms with Crippen LogP contribution in [0.15, 0.2) is 0 Å². The number of hydrogen-bond acceptors (Lipinski definition) is 3. The largest absolute Gasteiger partial charge is 1.00 e.